The highest BCUT2D eigenvalue weighted by molar-refractivity contribution is 7.09. The molecule has 27 heavy (non-hydrogen) atoms. The van der Waals surface area contributed by atoms with E-state index in [0.717, 1.165) is 16.3 Å². The van der Waals surface area contributed by atoms with Crippen LogP contribution in [0.15, 0.2) is 29.6 Å². The van der Waals surface area contributed by atoms with Gasteiger partial charge in [0.2, 0.25) is 0 Å². The number of hydrogen-bond donors (Lipinski definition) is 0. The Balaban J connectivity index is 1.95. The molecule has 140 valence electrons. The molecule has 0 aliphatic rings. The summed E-state index contributed by atoms with van der Waals surface area (Å²) in [5.41, 5.74) is 2.01. The zero-order chi connectivity index (χ0) is 19.4. The molecule has 1 amide bonds. The summed E-state index contributed by atoms with van der Waals surface area (Å²) in [5.74, 6) is 1.02. The van der Waals surface area contributed by atoms with E-state index in [0.29, 0.717) is 23.8 Å². The van der Waals surface area contributed by atoms with Gasteiger partial charge in [-0.05, 0) is 48.0 Å². The first-order chi connectivity index (χ1) is 13.0. The van der Waals surface area contributed by atoms with Gasteiger partial charge < -0.3 is 9.64 Å². The maximum absolute atomic E-state index is 13.1. The Bertz CT molecular complexity index is 978. The van der Waals surface area contributed by atoms with Crippen LogP contribution >= 0.6 is 11.3 Å². The van der Waals surface area contributed by atoms with Crippen LogP contribution in [0.5, 0.6) is 5.75 Å². The average molecular weight is 384 g/mol. The monoisotopic (exact) mass is 384 g/mol. The van der Waals surface area contributed by atoms with E-state index in [1.807, 2.05) is 36.6 Å². The molecular formula is C18H20N6O2S. The second-order valence-corrected chi connectivity index (χ2v) is 7.03. The lowest BCUT2D eigenvalue weighted by atomic mass is 10.1. The van der Waals surface area contributed by atoms with Gasteiger partial charge in [0.05, 0.1) is 24.4 Å². The van der Waals surface area contributed by atoms with Crippen LogP contribution in [-0.4, -0.2) is 50.2 Å². The van der Waals surface area contributed by atoms with Crippen LogP contribution in [0.4, 0.5) is 0 Å². The predicted molar refractivity (Wildman–Crippen MR) is 103 cm³/mol. The number of thiazole rings is 1. The van der Waals surface area contributed by atoms with Crippen molar-refractivity contribution in [2.45, 2.75) is 20.4 Å². The fraction of sp³-hybridized carbons (Fsp3) is 0.278. The molecule has 9 heteroatoms. The van der Waals surface area contributed by atoms with E-state index >= 15 is 0 Å². The minimum atomic E-state index is -0.209. The summed E-state index contributed by atoms with van der Waals surface area (Å²) in [6.45, 7) is 4.09. The summed E-state index contributed by atoms with van der Waals surface area (Å²) in [5, 5.41) is 14.4. The summed E-state index contributed by atoms with van der Waals surface area (Å²) in [6.07, 6.45) is 1.75. The first kappa shape index (κ1) is 18.7. The fourth-order valence-corrected chi connectivity index (χ4v) is 3.15. The van der Waals surface area contributed by atoms with Crippen molar-refractivity contribution >= 4 is 29.0 Å². The zero-order valence-electron chi connectivity index (χ0n) is 15.6. The molecule has 0 unspecified atom stereocenters. The molecule has 0 fully saturated rings. The van der Waals surface area contributed by atoms with Crippen LogP contribution in [0.2, 0.25) is 0 Å². The number of likely N-dealkylation sites (N-methyl/N-ethyl adjacent to an activating group) is 1. The van der Waals surface area contributed by atoms with E-state index in [9.17, 15) is 4.79 Å². The number of methoxy groups -OCH3 is 1. The molecule has 0 N–H and O–H groups in total. The standard InChI is InChI=1S/C18H20N6O2S/c1-12-20-21-22-24(12)17(9-14-6-5-7-16(8-14)26-4)18(25)23(3)10-15-11-27-13(2)19-15/h5-9,11H,10H2,1-4H3. The summed E-state index contributed by atoms with van der Waals surface area (Å²) in [7, 11) is 3.33. The van der Waals surface area contributed by atoms with Gasteiger partial charge in [0.25, 0.3) is 5.91 Å². The Morgan fingerprint density at radius 1 is 1.37 bits per heavy atom. The molecule has 0 spiro atoms. The number of carbonyl (C=O) groups excluding carboxylic acids is 1. The van der Waals surface area contributed by atoms with Crippen LogP contribution in [0, 0.1) is 13.8 Å². The highest BCUT2D eigenvalue weighted by Gasteiger charge is 2.21. The first-order valence-corrected chi connectivity index (χ1v) is 9.13. The zero-order valence-corrected chi connectivity index (χ0v) is 16.4. The molecule has 1 aromatic carbocycles. The number of hydrogen-bond acceptors (Lipinski definition) is 7. The molecule has 8 nitrogen and oxygen atoms in total. The smallest absolute Gasteiger partial charge is 0.272 e. The minimum Gasteiger partial charge on any atom is -0.497 e. The second kappa shape index (κ2) is 8.09. The van der Waals surface area contributed by atoms with Gasteiger partial charge in [0.15, 0.2) is 5.82 Å². The third kappa shape index (κ3) is 4.37. The molecule has 2 heterocycles. The lowest BCUT2D eigenvalue weighted by Gasteiger charge is -2.18. The molecule has 0 saturated heterocycles. The molecule has 0 atom stereocenters. The number of ether oxygens (including phenoxy) is 1. The fourth-order valence-electron chi connectivity index (χ4n) is 2.55. The SMILES string of the molecule is COc1cccc(C=C(C(=O)N(C)Cc2csc(C)n2)n2nnnc2C)c1. The van der Waals surface area contributed by atoms with E-state index in [2.05, 4.69) is 20.5 Å². The quantitative estimate of drug-likeness (QED) is 0.607. The topological polar surface area (TPSA) is 86.0 Å². The van der Waals surface area contributed by atoms with E-state index in [4.69, 9.17) is 4.74 Å². The van der Waals surface area contributed by atoms with Crippen molar-refractivity contribution in [3.63, 3.8) is 0 Å². The Labute approximate surface area is 161 Å². The van der Waals surface area contributed by atoms with Crippen LogP contribution < -0.4 is 4.74 Å². The third-order valence-corrected chi connectivity index (χ3v) is 4.70. The van der Waals surface area contributed by atoms with Crippen LogP contribution in [0.1, 0.15) is 22.1 Å². The van der Waals surface area contributed by atoms with Crippen molar-refractivity contribution in [2.24, 2.45) is 0 Å². The number of benzene rings is 1. The molecule has 0 aliphatic heterocycles. The second-order valence-electron chi connectivity index (χ2n) is 5.96. The van der Waals surface area contributed by atoms with Crippen molar-refractivity contribution in [2.75, 3.05) is 14.2 Å². The van der Waals surface area contributed by atoms with Crippen LogP contribution in [0.25, 0.3) is 11.8 Å². The number of amides is 1. The number of rotatable bonds is 6. The summed E-state index contributed by atoms with van der Waals surface area (Å²) in [6, 6.07) is 7.44. The van der Waals surface area contributed by atoms with Gasteiger partial charge >= 0.3 is 0 Å². The number of tetrazole rings is 1. The van der Waals surface area contributed by atoms with Crippen molar-refractivity contribution in [1.29, 1.82) is 0 Å². The molecule has 3 aromatic rings. The predicted octanol–water partition coefficient (Wildman–Crippen LogP) is 2.41. The summed E-state index contributed by atoms with van der Waals surface area (Å²) in [4.78, 5) is 19.2. The van der Waals surface area contributed by atoms with Gasteiger partial charge in [-0.15, -0.1) is 16.4 Å². The largest absolute Gasteiger partial charge is 0.497 e. The van der Waals surface area contributed by atoms with E-state index < -0.39 is 0 Å². The van der Waals surface area contributed by atoms with Crippen molar-refractivity contribution < 1.29 is 9.53 Å². The van der Waals surface area contributed by atoms with Crippen LogP contribution in [-0.2, 0) is 11.3 Å². The Morgan fingerprint density at radius 3 is 2.81 bits per heavy atom. The van der Waals surface area contributed by atoms with E-state index in [1.165, 1.54) is 4.68 Å². The third-order valence-electron chi connectivity index (χ3n) is 3.88. The molecule has 0 saturated carbocycles. The molecule has 2 aromatic heterocycles. The highest BCUT2D eigenvalue weighted by atomic mass is 32.1. The number of aromatic nitrogens is 5. The normalized spacial score (nSPS) is 11.5. The number of carbonyl (C=O) groups is 1. The van der Waals surface area contributed by atoms with E-state index in [-0.39, 0.29) is 5.91 Å². The van der Waals surface area contributed by atoms with E-state index in [1.54, 1.807) is 43.4 Å². The van der Waals surface area contributed by atoms with Gasteiger partial charge in [-0.3, -0.25) is 4.79 Å². The maximum atomic E-state index is 13.1. The first-order valence-electron chi connectivity index (χ1n) is 8.25. The van der Waals surface area contributed by atoms with Gasteiger partial charge in [-0.25, -0.2) is 4.98 Å². The summed E-state index contributed by atoms with van der Waals surface area (Å²) >= 11 is 1.56. The van der Waals surface area contributed by atoms with Crippen molar-refractivity contribution in [1.82, 2.24) is 30.1 Å². The molecular weight excluding hydrogens is 364 g/mol. The average Bonchev–Trinajstić information content (AvgIpc) is 3.27. The molecule has 0 bridgehead atoms. The summed E-state index contributed by atoms with van der Waals surface area (Å²) < 4.78 is 6.70. The molecule has 0 aliphatic carbocycles. The van der Waals surface area contributed by atoms with Gasteiger partial charge in [0, 0.05) is 12.4 Å². The molecule has 3 rings (SSSR count). The lowest BCUT2D eigenvalue weighted by Crippen LogP contribution is -2.29. The van der Waals surface area contributed by atoms with Crippen LogP contribution in [0.3, 0.4) is 0 Å². The van der Waals surface area contributed by atoms with Gasteiger partial charge in [-0.1, -0.05) is 12.1 Å². The maximum Gasteiger partial charge on any atom is 0.272 e. The molecule has 0 radical (unpaired) electrons. The van der Waals surface area contributed by atoms with Crippen molar-refractivity contribution in [3.05, 3.63) is 51.7 Å². The highest BCUT2D eigenvalue weighted by Crippen LogP contribution is 2.19. The Kier molecular flexibility index (Phi) is 5.60. The minimum absolute atomic E-state index is 0.209. The lowest BCUT2D eigenvalue weighted by molar-refractivity contribution is -0.124. The number of aryl methyl sites for hydroxylation is 2. The number of nitrogens with zero attached hydrogens (tertiary/aromatic N) is 6. The van der Waals surface area contributed by atoms with Gasteiger partial charge in [0.1, 0.15) is 11.4 Å². The van der Waals surface area contributed by atoms with Crippen molar-refractivity contribution in [3.8, 4) is 5.75 Å². The Hall–Kier alpha value is -3.07. The Morgan fingerprint density at radius 2 is 2.19 bits per heavy atom. The van der Waals surface area contributed by atoms with Gasteiger partial charge in [-0.2, -0.15) is 4.68 Å².